The van der Waals surface area contributed by atoms with Gasteiger partial charge in [-0.3, -0.25) is 9.59 Å². The molecule has 0 saturated heterocycles. The maximum Gasteiger partial charge on any atom is 0.328 e. The second-order valence-electron chi connectivity index (χ2n) is 9.29. The van der Waals surface area contributed by atoms with Gasteiger partial charge in [0.15, 0.2) is 5.41 Å². The summed E-state index contributed by atoms with van der Waals surface area (Å²) in [4.78, 5) is 26.6. The zero-order valence-electron chi connectivity index (χ0n) is 21.3. The summed E-state index contributed by atoms with van der Waals surface area (Å²) in [5, 5.41) is 16.6. The van der Waals surface area contributed by atoms with Crippen molar-refractivity contribution < 1.29 is 19.1 Å². The van der Waals surface area contributed by atoms with Crippen LogP contribution in [-0.4, -0.2) is 25.7 Å². The van der Waals surface area contributed by atoms with Crippen LogP contribution in [0.5, 0.6) is 0 Å². The van der Waals surface area contributed by atoms with E-state index in [0.29, 0.717) is 0 Å². The molecule has 5 rings (SSSR count). The van der Waals surface area contributed by atoms with Gasteiger partial charge in [-0.05, 0) is 50.4 Å². The number of ether oxygens (including phenoxy) is 2. The summed E-state index contributed by atoms with van der Waals surface area (Å²) >= 11 is 0. The second-order valence-corrected chi connectivity index (χ2v) is 9.29. The van der Waals surface area contributed by atoms with Gasteiger partial charge >= 0.3 is 11.9 Å². The minimum Gasteiger partial charge on any atom is -0.469 e. The Kier molecular flexibility index (Phi) is 6.81. The van der Waals surface area contributed by atoms with Crippen molar-refractivity contribution in [3.63, 3.8) is 0 Å². The Morgan fingerprint density at radius 2 is 1.37 bits per heavy atom. The first-order valence-electron chi connectivity index (χ1n) is 12.6. The average molecular weight is 502 g/mol. The number of nitrogens with zero attached hydrogens (tertiary/aromatic N) is 1. The fourth-order valence-electron chi connectivity index (χ4n) is 5.53. The first-order valence-corrected chi connectivity index (χ1v) is 12.6. The third kappa shape index (κ3) is 4.14. The van der Waals surface area contributed by atoms with Crippen LogP contribution in [0.25, 0.3) is 32.3 Å². The van der Waals surface area contributed by atoms with Crippen LogP contribution in [0.1, 0.15) is 30.4 Å². The molecule has 0 radical (unpaired) electrons. The van der Waals surface area contributed by atoms with Crippen LogP contribution < -0.4 is 0 Å². The maximum atomic E-state index is 13.8. The predicted molar refractivity (Wildman–Crippen MR) is 149 cm³/mol. The van der Waals surface area contributed by atoms with Crippen molar-refractivity contribution in [1.29, 1.82) is 5.26 Å². The molecule has 5 heteroatoms. The van der Waals surface area contributed by atoms with Crippen molar-refractivity contribution in [3.05, 3.63) is 108 Å². The molecule has 0 aromatic heterocycles. The Labute approximate surface area is 221 Å². The zero-order chi connectivity index (χ0) is 26.7. The highest BCUT2D eigenvalue weighted by Gasteiger charge is 2.52. The van der Waals surface area contributed by atoms with Gasteiger partial charge < -0.3 is 9.47 Å². The van der Waals surface area contributed by atoms with Gasteiger partial charge in [0.2, 0.25) is 0 Å². The van der Waals surface area contributed by atoms with Crippen molar-refractivity contribution in [1.82, 2.24) is 0 Å². The lowest BCUT2D eigenvalue weighted by Crippen LogP contribution is -2.40. The lowest BCUT2D eigenvalue weighted by atomic mass is 9.65. The minimum absolute atomic E-state index is 0.0736. The van der Waals surface area contributed by atoms with Gasteiger partial charge in [-0.2, -0.15) is 5.26 Å². The van der Waals surface area contributed by atoms with Crippen molar-refractivity contribution in [2.45, 2.75) is 19.3 Å². The summed E-state index contributed by atoms with van der Waals surface area (Å²) in [5.41, 5.74) is -0.338. The Balaban J connectivity index is 1.95. The van der Waals surface area contributed by atoms with Crippen LogP contribution >= 0.6 is 0 Å². The standard InChI is InChI=1S/C33H27NO4/c1-3-38-32(36)33(21-34,20-29(35)37-2)31(27-16-8-12-22-10-4-6-14-25(22)27)28-17-9-13-24-19-18-23-11-5-7-15-26(23)30(24)28/h4-19,31H,3,20H2,1-2H3. The van der Waals surface area contributed by atoms with E-state index in [0.717, 1.165) is 43.4 Å². The summed E-state index contributed by atoms with van der Waals surface area (Å²) in [6.07, 6.45) is -0.451. The maximum absolute atomic E-state index is 13.8. The summed E-state index contributed by atoms with van der Waals surface area (Å²) in [5.74, 6) is -2.23. The van der Waals surface area contributed by atoms with Crippen LogP contribution in [0.15, 0.2) is 97.1 Å². The van der Waals surface area contributed by atoms with Crippen molar-refractivity contribution in [2.24, 2.45) is 5.41 Å². The number of hydrogen-bond acceptors (Lipinski definition) is 5. The number of rotatable bonds is 7. The third-order valence-corrected chi connectivity index (χ3v) is 7.23. The van der Waals surface area contributed by atoms with Gasteiger partial charge in [-0.1, -0.05) is 97.1 Å². The van der Waals surface area contributed by atoms with Crippen LogP contribution in [0, 0.1) is 16.7 Å². The van der Waals surface area contributed by atoms with Gasteiger partial charge in [0.1, 0.15) is 0 Å². The molecule has 2 atom stereocenters. The molecule has 2 unspecified atom stereocenters. The van der Waals surface area contributed by atoms with Gasteiger partial charge in [0, 0.05) is 5.92 Å². The molecule has 0 heterocycles. The zero-order valence-corrected chi connectivity index (χ0v) is 21.3. The Morgan fingerprint density at radius 3 is 2.05 bits per heavy atom. The van der Waals surface area contributed by atoms with Gasteiger partial charge in [-0.25, -0.2) is 0 Å². The molecule has 38 heavy (non-hydrogen) atoms. The van der Waals surface area contributed by atoms with Crippen molar-refractivity contribution in [2.75, 3.05) is 13.7 Å². The molecule has 0 aliphatic heterocycles. The molecule has 0 aliphatic rings. The molecule has 0 saturated carbocycles. The van der Waals surface area contributed by atoms with E-state index >= 15 is 0 Å². The lowest BCUT2D eigenvalue weighted by molar-refractivity contribution is -0.158. The minimum atomic E-state index is -1.88. The fraction of sp³-hybridized carbons (Fsp3) is 0.182. The van der Waals surface area contributed by atoms with E-state index in [2.05, 4.69) is 12.1 Å². The molecule has 5 aromatic carbocycles. The summed E-state index contributed by atoms with van der Waals surface area (Å²) in [7, 11) is 1.26. The summed E-state index contributed by atoms with van der Waals surface area (Å²) in [6.45, 7) is 1.76. The summed E-state index contributed by atoms with van der Waals surface area (Å²) < 4.78 is 10.5. The highest BCUT2D eigenvalue weighted by Crippen LogP contribution is 2.49. The monoisotopic (exact) mass is 501 g/mol. The topological polar surface area (TPSA) is 76.4 Å². The van der Waals surface area contributed by atoms with E-state index in [1.54, 1.807) is 6.92 Å². The van der Waals surface area contributed by atoms with E-state index in [-0.39, 0.29) is 6.61 Å². The van der Waals surface area contributed by atoms with E-state index in [9.17, 15) is 14.9 Å². The number of nitriles is 1. The van der Waals surface area contributed by atoms with Crippen LogP contribution in [-0.2, 0) is 19.1 Å². The first kappa shape index (κ1) is 25.0. The first-order chi connectivity index (χ1) is 18.5. The molecule has 0 N–H and O–H groups in total. The summed E-state index contributed by atoms with van der Waals surface area (Å²) in [6, 6.07) is 34.0. The van der Waals surface area contributed by atoms with E-state index < -0.39 is 29.7 Å². The van der Waals surface area contributed by atoms with Gasteiger partial charge in [0.05, 0.1) is 26.2 Å². The molecular formula is C33H27NO4. The molecule has 0 fully saturated rings. The normalized spacial score (nSPS) is 13.5. The lowest BCUT2D eigenvalue weighted by Gasteiger charge is -2.34. The number of fused-ring (bicyclic) bond motifs is 4. The quantitative estimate of drug-likeness (QED) is 0.179. The highest BCUT2D eigenvalue weighted by atomic mass is 16.5. The number of hydrogen-bond donors (Lipinski definition) is 0. The van der Waals surface area contributed by atoms with Crippen LogP contribution in [0.3, 0.4) is 0 Å². The number of carbonyl (C=O) groups is 2. The highest BCUT2D eigenvalue weighted by molar-refractivity contribution is 6.10. The number of esters is 2. The Bertz CT molecular complexity index is 1710. The predicted octanol–water partition coefficient (Wildman–Crippen LogP) is 6.91. The van der Waals surface area contributed by atoms with Crippen molar-refractivity contribution in [3.8, 4) is 6.07 Å². The molecule has 188 valence electrons. The number of carbonyl (C=O) groups excluding carboxylic acids is 2. The second kappa shape index (κ2) is 10.4. The molecule has 0 spiro atoms. The smallest absolute Gasteiger partial charge is 0.328 e. The van der Waals surface area contributed by atoms with E-state index in [1.807, 2.05) is 91.0 Å². The fourth-order valence-corrected chi connectivity index (χ4v) is 5.53. The largest absolute Gasteiger partial charge is 0.469 e. The Morgan fingerprint density at radius 1 is 0.789 bits per heavy atom. The van der Waals surface area contributed by atoms with Crippen LogP contribution in [0.4, 0.5) is 0 Å². The average Bonchev–Trinajstić information content (AvgIpc) is 2.96. The third-order valence-electron chi connectivity index (χ3n) is 7.23. The Hall–Kier alpha value is -4.69. The molecule has 5 nitrogen and oxygen atoms in total. The molecule has 5 aromatic rings. The molecule has 0 aliphatic carbocycles. The van der Waals surface area contributed by atoms with Crippen LogP contribution in [0.2, 0.25) is 0 Å². The SMILES string of the molecule is CCOC(=O)C(C#N)(CC(=O)OC)C(c1cccc2ccccc12)c1cccc2ccc3ccccc3c12. The molecule has 0 bridgehead atoms. The van der Waals surface area contributed by atoms with E-state index in [4.69, 9.17) is 9.47 Å². The number of methoxy groups -OCH3 is 1. The van der Waals surface area contributed by atoms with Gasteiger partial charge in [0.25, 0.3) is 0 Å². The van der Waals surface area contributed by atoms with E-state index in [1.165, 1.54) is 7.11 Å². The number of benzene rings is 5. The van der Waals surface area contributed by atoms with Gasteiger partial charge in [-0.15, -0.1) is 0 Å². The van der Waals surface area contributed by atoms with Crippen molar-refractivity contribution >= 4 is 44.3 Å². The molecular weight excluding hydrogens is 474 g/mol. The molecule has 0 amide bonds.